The van der Waals surface area contributed by atoms with E-state index >= 15 is 0 Å². The molecule has 0 aliphatic heterocycles. The van der Waals surface area contributed by atoms with Crippen LogP contribution in [0.5, 0.6) is 0 Å². The van der Waals surface area contributed by atoms with Gasteiger partial charge in [-0.1, -0.05) is 80.6 Å². The minimum Gasteiger partial charge on any atom is -0.316 e. The zero-order valence-electron chi connectivity index (χ0n) is 17.2. The van der Waals surface area contributed by atoms with Crippen LogP contribution < -0.4 is 4.80 Å². The summed E-state index contributed by atoms with van der Waals surface area (Å²) in [7, 11) is 0. The highest BCUT2D eigenvalue weighted by Crippen LogP contribution is 2.24. The summed E-state index contributed by atoms with van der Waals surface area (Å²) in [6.07, 6.45) is 1.32. The Balaban J connectivity index is 1.74. The van der Waals surface area contributed by atoms with E-state index < -0.39 is 0 Å². The fourth-order valence-electron chi connectivity index (χ4n) is 3.73. The maximum Gasteiger partial charge on any atom is 0.252 e. The lowest BCUT2D eigenvalue weighted by Crippen LogP contribution is -2.17. The molecule has 1 amide bonds. The predicted octanol–water partition coefficient (Wildman–Crippen LogP) is 6.06. The Morgan fingerprint density at radius 2 is 1.86 bits per heavy atom. The van der Waals surface area contributed by atoms with Gasteiger partial charge in [-0.15, -0.1) is 0 Å². The van der Waals surface area contributed by atoms with E-state index in [1.807, 2.05) is 24.3 Å². The molecule has 0 aliphatic rings. The predicted molar refractivity (Wildman–Crippen MR) is 122 cm³/mol. The minimum absolute atomic E-state index is 0.0955. The number of carbonyl (C=O) groups is 1. The molecule has 1 aromatic heterocycles. The highest BCUT2D eigenvalue weighted by Gasteiger charge is 2.11. The number of carbonyl (C=O) groups excluding carboxylic acids is 1. The van der Waals surface area contributed by atoms with Crippen molar-refractivity contribution >= 4 is 38.2 Å². The molecule has 148 valence electrons. The molecule has 0 spiro atoms. The van der Waals surface area contributed by atoms with Crippen LogP contribution in [-0.4, -0.2) is 10.5 Å². The fraction of sp³-hybridized carbons (Fsp3) is 0.280. The summed E-state index contributed by atoms with van der Waals surface area (Å²) >= 11 is 1.61. The van der Waals surface area contributed by atoms with Crippen molar-refractivity contribution in [1.82, 2.24) is 4.57 Å². The molecular weight excluding hydrogens is 376 g/mol. The van der Waals surface area contributed by atoms with E-state index in [-0.39, 0.29) is 5.91 Å². The normalized spacial score (nSPS) is 12.3. The smallest absolute Gasteiger partial charge is 0.252 e. The summed E-state index contributed by atoms with van der Waals surface area (Å²) < 4.78 is 3.38. The van der Waals surface area contributed by atoms with Crippen LogP contribution in [0.15, 0.2) is 65.7 Å². The molecule has 0 aliphatic carbocycles. The first-order chi connectivity index (χ1) is 14.1. The van der Waals surface area contributed by atoms with E-state index in [0.717, 1.165) is 39.6 Å². The summed E-state index contributed by atoms with van der Waals surface area (Å²) in [6, 6.07) is 20.9. The second-order valence-electron chi connectivity index (χ2n) is 7.74. The first-order valence-corrected chi connectivity index (χ1v) is 11.1. The molecule has 0 saturated heterocycles. The molecule has 4 rings (SSSR count). The van der Waals surface area contributed by atoms with Crippen LogP contribution in [0.1, 0.15) is 44.2 Å². The summed E-state index contributed by atoms with van der Waals surface area (Å²) in [5.41, 5.74) is 3.51. The van der Waals surface area contributed by atoms with Crippen molar-refractivity contribution in [3.8, 4) is 0 Å². The standard InChI is InChI=1S/C25H26N2OS/c1-4-14-27-22-13-12-19(17(2)3)15-23(22)29-25(27)26-24(28)16-20-10-7-9-18-8-5-6-11-21(18)20/h5-13,15,17H,4,14,16H2,1-3H3. The topological polar surface area (TPSA) is 34.4 Å². The number of fused-ring (bicyclic) bond motifs is 2. The van der Waals surface area contributed by atoms with E-state index in [2.05, 4.69) is 66.7 Å². The molecule has 0 bridgehead atoms. The van der Waals surface area contributed by atoms with Gasteiger partial charge in [0.25, 0.3) is 5.91 Å². The molecule has 0 fully saturated rings. The van der Waals surface area contributed by atoms with E-state index in [4.69, 9.17) is 0 Å². The van der Waals surface area contributed by atoms with Crippen molar-refractivity contribution in [2.75, 3.05) is 0 Å². The molecule has 4 aromatic rings. The highest BCUT2D eigenvalue weighted by molar-refractivity contribution is 7.16. The molecule has 3 aromatic carbocycles. The van der Waals surface area contributed by atoms with Gasteiger partial charge in [-0.25, -0.2) is 0 Å². The lowest BCUT2D eigenvalue weighted by molar-refractivity contribution is -0.117. The number of thiazole rings is 1. The van der Waals surface area contributed by atoms with Crippen LogP contribution in [0.25, 0.3) is 21.0 Å². The molecule has 29 heavy (non-hydrogen) atoms. The van der Waals surface area contributed by atoms with E-state index in [0.29, 0.717) is 12.3 Å². The van der Waals surface area contributed by atoms with Crippen molar-refractivity contribution in [2.24, 2.45) is 4.99 Å². The van der Waals surface area contributed by atoms with Gasteiger partial charge in [-0.2, -0.15) is 4.99 Å². The van der Waals surface area contributed by atoms with Gasteiger partial charge in [0.1, 0.15) is 0 Å². The Kier molecular flexibility index (Phi) is 5.63. The Labute approximate surface area is 175 Å². The molecule has 0 atom stereocenters. The quantitative estimate of drug-likeness (QED) is 0.399. The minimum atomic E-state index is -0.0955. The van der Waals surface area contributed by atoms with Gasteiger partial charge in [0, 0.05) is 6.54 Å². The van der Waals surface area contributed by atoms with E-state index in [9.17, 15) is 4.79 Å². The molecule has 0 unspecified atom stereocenters. The summed E-state index contributed by atoms with van der Waals surface area (Å²) in [5, 5.41) is 2.28. The third-order valence-electron chi connectivity index (χ3n) is 5.26. The number of benzene rings is 3. The van der Waals surface area contributed by atoms with Gasteiger partial charge in [-0.05, 0) is 46.4 Å². The number of aromatic nitrogens is 1. The number of nitrogens with zero attached hydrogens (tertiary/aromatic N) is 2. The summed E-state index contributed by atoms with van der Waals surface area (Å²) in [4.78, 5) is 18.2. The Morgan fingerprint density at radius 3 is 2.66 bits per heavy atom. The van der Waals surface area contributed by atoms with Crippen LogP contribution in [0, 0.1) is 0 Å². The van der Waals surface area contributed by atoms with Crippen molar-refractivity contribution in [1.29, 1.82) is 0 Å². The first kappa shape index (κ1) is 19.6. The Hall–Kier alpha value is -2.72. The molecule has 0 N–H and O–H groups in total. The first-order valence-electron chi connectivity index (χ1n) is 10.2. The molecule has 3 nitrogen and oxygen atoms in total. The number of aryl methyl sites for hydroxylation is 1. The summed E-state index contributed by atoms with van der Waals surface area (Å²) in [5.74, 6) is 0.386. The van der Waals surface area contributed by atoms with Crippen molar-refractivity contribution < 1.29 is 4.79 Å². The van der Waals surface area contributed by atoms with Gasteiger partial charge >= 0.3 is 0 Å². The van der Waals surface area contributed by atoms with Crippen molar-refractivity contribution in [2.45, 2.75) is 46.1 Å². The lowest BCUT2D eigenvalue weighted by atomic mass is 10.0. The molecule has 1 heterocycles. The lowest BCUT2D eigenvalue weighted by Gasteiger charge is -2.06. The largest absolute Gasteiger partial charge is 0.316 e. The van der Waals surface area contributed by atoms with E-state index in [1.54, 1.807) is 11.3 Å². The average Bonchev–Trinajstić information content (AvgIpc) is 3.04. The highest BCUT2D eigenvalue weighted by atomic mass is 32.1. The number of hydrogen-bond donors (Lipinski definition) is 0. The van der Waals surface area contributed by atoms with Gasteiger partial charge in [0.05, 0.1) is 16.6 Å². The maximum absolute atomic E-state index is 12.9. The van der Waals surface area contributed by atoms with Gasteiger partial charge in [0.2, 0.25) is 0 Å². The van der Waals surface area contributed by atoms with Crippen LogP contribution in [0.4, 0.5) is 0 Å². The third-order valence-corrected chi connectivity index (χ3v) is 6.30. The molecule has 0 saturated carbocycles. The summed E-state index contributed by atoms with van der Waals surface area (Å²) in [6.45, 7) is 7.42. The number of hydrogen-bond acceptors (Lipinski definition) is 2. The molecule has 0 radical (unpaired) electrons. The second-order valence-corrected chi connectivity index (χ2v) is 8.75. The average molecular weight is 403 g/mol. The SMILES string of the molecule is CCCn1c(=NC(=O)Cc2cccc3ccccc23)sc2cc(C(C)C)ccc21. The van der Waals surface area contributed by atoms with Gasteiger partial charge in [0.15, 0.2) is 4.80 Å². The van der Waals surface area contributed by atoms with Crippen molar-refractivity contribution in [3.63, 3.8) is 0 Å². The second kappa shape index (κ2) is 8.34. The zero-order chi connectivity index (χ0) is 20.4. The number of amides is 1. The monoisotopic (exact) mass is 402 g/mol. The van der Waals surface area contributed by atoms with Crippen LogP contribution in [0.3, 0.4) is 0 Å². The van der Waals surface area contributed by atoms with Gasteiger partial charge < -0.3 is 4.57 Å². The third kappa shape index (κ3) is 4.03. The van der Waals surface area contributed by atoms with Crippen LogP contribution in [0.2, 0.25) is 0 Å². The van der Waals surface area contributed by atoms with Crippen molar-refractivity contribution in [3.05, 3.63) is 76.6 Å². The zero-order valence-corrected chi connectivity index (χ0v) is 18.0. The Bertz CT molecular complexity index is 1240. The van der Waals surface area contributed by atoms with Gasteiger partial charge in [-0.3, -0.25) is 4.79 Å². The number of rotatable bonds is 5. The maximum atomic E-state index is 12.9. The van der Waals surface area contributed by atoms with E-state index in [1.165, 1.54) is 10.3 Å². The molecular formula is C25H26N2OS. The van der Waals surface area contributed by atoms with Crippen LogP contribution >= 0.6 is 11.3 Å². The molecule has 4 heteroatoms. The van der Waals surface area contributed by atoms with Crippen LogP contribution in [-0.2, 0) is 17.8 Å². The fourth-order valence-corrected chi connectivity index (χ4v) is 4.85. The Morgan fingerprint density at radius 1 is 1.07 bits per heavy atom.